The van der Waals surface area contributed by atoms with Gasteiger partial charge >= 0.3 is 0 Å². The number of hydrogen-bond donors (Lipinski definition) is 3. The molecule has 0 atom stereocenters. The molecule has 0 spiro atoms. The number of nitrogens with zero attached hydrogens (tertiary/aromatic N) is 9. The number of piperidine rings is 1. The van der Waals surface area contributed by atoms with E-state index >= 15 is 0 Å². The second-order valence-corrected chi connectivity index (χ2v) is 19.6. The number of nitrogens with one attached hydrogen (secondary N) is 3. The van der Waals surface area contributed by atoms with Gasteiger partial charge in [0.15, 0.2) is 5.82 Å². The summed E-state index contributed by atoms with van der Waals surface area (Å²) in [7, 11) is 0. The number of amides is 1. The van der Waals surface area contributed by atoms with E-state index in [0.29, 0.717) is 55.7 Å². The summed E-state index contributed by atoms with van der Waals surface area (Å²) in [6.07, 6.45) is 4.02. The average molecular weight is 1080 g/mol. The number of ether oxygens (including phenoxy) is 2. The van der Waals surface area contributed by atoms with Gasteiger partial charge in [0.1, 0.15) is 11.6 Å². The SMILES string of the molecule is Cc1cc(NC(=O)CN2CCOCC2)nn1-c1ccc(Cl)c(Cl)c1.Cc1cc(NCCN2CCCCC2)nn1-c1ccc(Cl)c(Cl)c1.Cc1cc(NCCN2CCOCC2)nn1-c1ccc(Cl)c(Cl)c1. The first-order chi connectivity index (χ1) is 33.8. The lowest BCUT2D eigenvalue weighted by Gasteiger charge is -2.26. The first-order valence-corrected chi connectivity index (χ1v) is 25.7. The van der Waals surface area contributed by atoms with Crippen molar-refractivity contribution in [2.24, 2.45) is 0 Å². The maximum atomic E-state index is 12.2. The van der Waals surface area contributed by atoms with Crippen molar-refractivity contribution in [2.75, 3.05) is 114 Å². The summed E-state index contributed by atoms with van der Waals surface area (Å²) < 4.78 is 16.1. The third-order valence-corrected chi connectivity index (χ3v) is 14.1. The fourth-order valence-electron chi connectivity index (χ4n) is 8.13. The highest BCUT2D eigenvalue weighted by molar-refractivity contribution is 6.43. The summed E-state index contributed by atoms with van der Waals surface area (Å²) in [5, 5.41) is 26.4. The number of aromatic nitrogens is 6. The lowest BCUT2D eigenvalue weighted by molar-refractivity contribution is -0.118. The summed E-state index contributed by atoms with van der Waals surface area (Å²) in [5.74, 6) is 2.18. The molecule has 1 amide bonds. The van der Waals surface area contributed by atoms with Crippen LogP contribution in [0, 0.1) is 20.8 Å². The molecule has 0 radical (unpaired) electrons. The van der Waals surface area contributed by atoms with Crippen LogP contribution in [-0.4, -0.2) is 148 Å². The van der Waals surface area contributed by atoms with Crippen molar-refractivity contribution < 1.29 is 14.3 Å². The summed E-state index contributed by atoms with van der Waals surface area (Å²) >= 11 is 36.1. The third kappa shape index (κ3) is 15.7. The van der Waals surface area contributed by atoms with Gasteiger partial charge in [0.25, 0.3) is 0 Å². The molecular formula is C49H60Cl6N12O3. The molecule has 376 valence electrons. The van der Waals surface area contributed by atoms with E-state index in [1.54, 1.807) is 28.9 Å². The van der Waals surface area contributed by atoms with Crippen molar-refractivity contribution in [3.63, 3.8) is 0 Å². The number of carbonyl (C=O) groups is 1. The van der Waals surface area contributed by atoms with E-state index in [0.717, 1.165) is 111 Å². The topological polar surface area (TPSA) is 135 Å². The molecule has 0 saturated carbocycles. The number of anilines is 3. The van der Waals surface area contributed by atoms with Crippen molar-refractivity contribution in [1.82, 2.24) is 44.0 Å². The number of rotatable bonds is 14. The summed E-state index contributed by atoms with van der Waals surface area (Å²) in [4.78, 5) is 19.1. The van der Waals surface area contributed by atoms with E-state index in [-0.39, 0.29) is 5.91 Å². The van der Waals surface area contributed by atoms with Gasteiger partial charge in [-0.1, -0.05) is 76.0 Å². The molecule has 3 N–H and O–H groups in total. The van der Waals surface area contributed by atoms with E-state index in [2.05, 4.69) is 52.0 Å². The van der Waals surface area contributed by atoms with Gasteiger partial charge < -0.3 is 30.3 Å². The average Bonchev–Trinajstić information content (AvgIpc) is 4.04. The fraction of sp³-hybridized carbons (Fsp3) is 0.429. The Labute approximate surface area is 440 Å². The van der Waals surface area contributed by atoms with Crippen LogP contribution in [0.15, 0.2) is 72.8 Å². The van der Waals surface area contributed by atoms with E-state index in [4.69, 9.17) is 79.1 Å². The molecule has 3 aliphatic rings. The van der Waals surface area contributed by atoms with Gasteiger partial charge in [0, 0.05) is 87.6 Å². The molecule has 21 heteroatoms. The van der Waals surface area contributed by atoms with Crippen molar-refractivity contribution >= 4 is 93.0 Å². The smallest absolute Gasteiger partial charge is 0.239 e. The van der Waals surface area contributed by atoms with Crippen LogP contribution in [0.2, 0.25) is 30.1 Å². The summed E-state index contributed by atoms with van der Waals surface area (Å²) in [6, 6.07) is 22.3. The van der Waals surface area contributed by atoms with Crippen LogP contribution in [0.3, 0.4) is 0 Å². The second-order valence-electron chi connectivity index (χ2n) is 17.2. The van der Waals surface area contributed by atoms with Crippen molar-refractivity contribution in [1.29, 1.82) is 0 Å². The molecule has 0 bridgehead atoms. The first kappa shape index (κ1) is 53.7. The van der Waals surface area contributed by atoms with Gasteiger partial charge in [-0.3, -0.25) is 14.6 Å². The van der Waals surface area contributed by atoms with Crippen LogP contribution < -0.4 is 16.0 Å². The monoisotopic (exact) mass is 1070 g/mol. The minimum Gasteiger partial charge on any atom is -0.379 e. The summed E-state index contributed by atoms with van der Waals surface area (Å²) in [6.45, 7) is 19.1. The minimum atomic E-state index is -0.0873. The molecule has 0 aliphatic carbocycles. The highest BCUT2D eigenvalue weighted by atomic mass is 35.5. The Morgan fingerprint density at radius 3 is 1.27 bits per heavy atom. The number of benzene rings is 3. The van der Waals surface area contributed by atoms with E-state index in [9.17, 15) is 4.79 Å². The van der Waals surface area contributed by atoms with Gasteiger partial charge in [-0.2, -0.15) is 10.2 Å². The number of halogens is 6. The third-order valence-electron chi connectivity index (χ3n) is 11.9. The standard InChI is InChI=1S/C17H22Cl2N4.C16H18Cl2N4O2.C16H20Cl2N4O/c1-13-11-17(20-7-10-22-8-3-2-4-9-22)21-23(13)14-5-6-15(18)16(19)12-14;1-11-8-15(19-16(23)10-21-4-6-24-7-5-21)20-22(11)12-2-3-13(17)14(18)9-12;1-12-10-16(19-4-5-21-6-8-23-9-7-21)20-22(12)13-2-3-14(17)15(18)11-13/h5-6,11-12H,2-4,7-10H2,1H3,(H,20,21);2-3,8-9H,4-7,10H2,1H3,(H,19,20,23);2-3,10-11H,4-9H2,1H3,(H,19,20). The second kappa shape index (κ2) is 26.6. The Hall–Kier alpha value is -4.10. The van der Waals surface area contributed by atoms with E-state index < -0.39 is 0 Å². The molecule has 6 aromatic rings. The molecular weight excluding hydrogens is 1020 g/mol. The molecule has 0 unspecified atom stereocenters. The van der Waals surface area contributed by atoms with Crippen LogP contribution in [0.1, 0.15) is 36.3 Å². The minimum absolute atomic E-state index is 0.0873. The van der Waals surface area contributed by atoms with Crippen LogP contribution in [0.25, 0.3) is 17.1 Å². The molecule has 3 saturated heterocycles. The molecule has 3 fully saturated rings. The van der Waals surface area contributed by atoms with Gasteiger partial charge in [-0.05, 0) is 101 Å². The Bertz CT molecular complexity index is 2520. The molecule has 6 heterocycles. The number of carbonyl (C=O) groups excluding carboxylic acids is 1. The maximum absolute atomic E-state index is 12.2. The van der Waals surface area contributed by atoms with Crippen molar-refractivity contribution in [3.05, 3.63) is 120 Å². The van der Waals surface area contributed by atoms with Gasteiger partial charge in [0.2, 0.25) is 5.91 Å². The van der Waals surface area contributed by atoms with Crippen molar-refractivity contribution in [2.45, 2.75) is 40.0 Å². The fourth-order valence-corrected chi connectivity index (χ4v) is 9.01. The lowest BCUT2D eigenvalue weighted by Crippen LogP contribution is -2.41. The Morgan fingerprint density at radius 1 is 0.486 bits per heavy atom. The molecule has 3 aromatic heterocycles. The summed E-state index contributed by atoms with van der Waals surface area (Å²) in [5.41, 5.74) is 5.59. The normalized spacial score (nSPS) is 15.7. The van der Waals surface area contributed by atoms with Gasteiger partial charge in [-0.25, -0.2) is 14.0 Å². The molecule has 70 heavy (non-hydrogen) atoms. The van der Waals surface area contributed by atoms with E-state index in [1.807, 2.05) is 72.6 Å². The number of hydrogen-bond acceptors (Lipinski definition) is 11. The predicted molar refractivity (Wildman–Crippen MR) is 285 cm³/mol. The predicted octanol–water partition coefficient (Wildman–Crippen LogP) is 10.4. The quantitative estimate of drug-likeness (QED) is 0.0962. The molecule has 9 rings (SSSR count). The zero-order valence-electron chi connectivity index (χ0n) is 39.7. The first-order valence-electron chi connectivity index (χ1n) is 23.5. The maximum Gasteiger partial charge on any atom is 0.239 e. The van der Waals surface area contributed by atoms with Crippen LogP contribution >= 0.6 is 69.6 Å². The lowest BCUT2D eigenvalue weighted by atomic mass is 10.1. The molecule has 15 nitrogen and oxygen atoms in total. The van der Waals surface area contributed by atoms with Crippen molar-refractivity contribution in [3.8, 4) is 17.1 Å². The number of aryl methyl sites for hydroxylation is 3. The van der Waals surface area contributed by atoms with Gasteiger partial charge in [-0.15, -0.1) is 5.10 Å². The zero-order chi connectivity index (χ0) is 49.6. The Morgan fingerprint density at radius 2 is 0.857 bits per heavy atom. The highest BCUT2D eigenvalue weighted by Crippen LogP contribution is 2.28. The van der Waals surface area contributed by atoms with Gasteiger partial charge in [0.05, 0.1) is 80.2 Å². The molecule has 3 aromatic carbocycles. The van der Waals surface area contributed by atoms with Crippen LogP contribution in [-0.2, 0) is 14.3 Å². The Balaban J connectivity index is 0.000000155. The largest absolute Gasteiger partial charge is 0.379 e. The van der Waals surface area contributed by atoms with Crippen LogP contribution in [0.4, 0.5) is 17.5 Å². The zero-order valence-corrected chi connectivity index (χ0v) is 44.2. The number of morpholine rings is 2. The van der Waals surface area contributed by atoms with E-state index in [1.165, 1.54) is 32.4 Å². The highest BCUT2D eigenvalue weighted by Gasteiger charge is 2.17. The molecule has 3 aliphatic heterocycles. The number of likely N-dealkylation sites (tertiary alicyclic amines) is 1. The Kier molecular flexibility index (Phi) is 20.4. The van der Waals surface area contributed by atoms with Crippen LogP contribution in [0.5, 0.6) is 0 Å².